The number of carbonyl (C=O) groups excluding carboxylic acids is 4. The first kappa shape index (κ1) is 43.6. The molecular weight excluding hydrogens is 793 g/mol. The molecule has 0 saturated carbocycles. The Kier molecular flexibility index (Phi) is 13.7. The minimum atomic E-state index is -0.938. The molecule has 16 heteroatoms. The summed E-state index contributed by atoms with van der Waals surface area (Å²) < 4.78 is 20.6. The third kappa shape index (κ3) is 9.35. The van der Waals surface area contributed by atoms with E-state index in [9.17, 15) is 19.2 Å². The number of ether oxygens (including phenoxy) is 4. The summed E-state index contributed by atoms with van der Waals surface area (Å²) in [4.78, 5) is 72.5. The third-order valence-corrected chi connectivity index (χ3v) is 11.9. The van der Waals surface area contributed by atoms with Gasteiger partial charge in [0.15, 0.2) is 0 Å². The van der Waals surface area contributed by atoms with E-state index >= 15 is 0 Å². The highest BCUT2D eigenvalue weighted by Gasteiger charge is 2.43. The summed E-state index contributed by atoms with van der Waals surface area (Å²) in [6.45, 7) is 4.66. The molecule has 0 aliphatic carbocycles. The van der Waals surface area contributed by atoms with Crippen LogP contribution in [0.5, 0.6) is 0 Å². The number of aromatic nitrogens is 4. The Morgan fingerprint density at radius 2 is 1.27 bits per heavy atom. The number of methoxy groups -OCH3 is 4. The van der Waals surface area contributed by atoms with Gasteiger partial charge in [0.1, 0.15) is 23.7 Å². The molecule has 16 nitrogen and oxygen atoms in total. The number of nitrogens with one attached hydrogen (secondary N) is 4. The summed E-state index contributed by atoms with van der Waals surface area (Å²) in [7, 11) is 5.68. The van der Waals surface area contributed by atoms with Gasteiger partial charge in [-0.25, -0.2) is 19.6 Å². The van der Waals surface area contributed by atoms with Crippen LogP contribution in [-0.2, 0) is 28.5 Å². The molecule has 2 aromatic heterocycles. The van der Waals surface area contributed by atoms with Gasteiger partial charge < -0.3 is 49.3 Å². The lowest BCUT2D eigenvalue weighted by molar-refractivity contribution is -0.139. The number of imidazole rings is 2. The fraction of sp³-hybridized carbons (Fsp3) is 0.391. The average molecular weight is 847 g/mol. The van der Waals surface area contributed by atoms with Crippen molar-refractivity contribution in [1.82, 2.24) is 40.4 Å². The molecule has 0 spiro atoms. The largest absolute Gasteiger partial charge is 0.453 e. The lowest BCUT2D eigenvalue weighted by Crippen LogP contribution is -2.55. The molecule has 4 heterocycles. The van der Waals surface area contributed by atoms with E-state index in [2.05, 4.69) is 44.9 Å². The number of alkyl carbamates (subject to hydrolysis) is 2. The van der Waals surface area contributed by atoms with E-state index in [1.807, 2.05) is 49.4 Å². The van der Waals surface area contributed by atoms with Crippen molar-refractivity contribution < 1.29 is 38.1 Å². The van der Waals surface area contributed by atoms with Crippen molar-refractivity contribution in [3.63, 3.8) is 0 Å². The lowest BCUT2D eigenvalue weighted by atomic mass is 10.0. The number of rotatable bonds is 14. The summed E-state index contributed by atoms with van der Waals surface area (Å²) in [6, 6.07) is 22.9. The molecule has 5 aromatic rings. The standard InChI is InChI=1S/C46H54N8O8/c1-27-12-21-37(54(27)44(56)39(28(2)60-4)51-45(57)61-5)41-47-23-35(49-41)32-17-13-30(14-18-32)31-15-19-33(20-16-31)36-24-48-42(50-36)38-22-29(26-59-3)25-53(38)43(55)40(52-46(58)62-6)34-10-8-7-9-11-34/h7-11,13-20,23-24,27-29,37-40H,12,21-22,25-26H2,1-6H3,(H,47,49)(H,48,50)(H,51,57)(H,52,58). The fourth-order valence-corrected chi connectivity index (χ4v) is 8.53. The highest BCUT2D eigenvalue weighted by atomic mass is 16.5. The second-order valence-electron chi connectivity index (χ2n) is 15.8. The molecule has 2 fully saturated rings. The van der Waals surface area contributed by atoms with Gasteiger partial charge in [0.25, 0.3) is 5.91 Å². The summed E-state index contributed by atoms with van der Waals surface area (Å²) in [6.07, 6.45) is 3.75. The van der Waals surface area contributed by atoms with Crippen LogP contribution in [0.3, 0.4) is 0 Å². The van der Waals surface area contributed by atoms with Gasteiger partial charge >= 0.3 is 12.2 Å². The van der Waals surface area contributed by atoms with Crippen molar-refractivity contribution in [2.75, 3.05) is 41.6 Å². The zero-order valence-corrected chi connectivity index (χ0v) is 35.8. The van der Waals surface area contributed by atoms with Gasteiger partial charge in [-0.05, 0) is 60.9 Å². The van der Waals surface area contributed by atoms with Crippen LogP contribution in [0, 0.1) is 5.92 Å². The second-order valence-corrected chi connectivity index (χ2v) is 15.8. The molecule has 7 rings (SSSR count). The Labute approximate surface area is 360 Å². The van der Waals surface area contributed by atoms with Crippen molar-refractivity contribution in [2.45, 2.75) is 69.4 Å². The number of amides is 4. The van der Waals surface area contributed by atoms with Gasteiger partial charge in [-0.3, -0.25) is 9.59 Å². The van der Waals surface area contributed by atoms with Crippen LogP contribution in [0.25, 0.3) is 33.6 Å². The van der Waals surface area contributed by atoms with Crippen molar-refractivity contribution >= 4 is 24.0 Å². The van der Waals surface area contributed by atoms with Gasteiger partial charge in [0.2, 0.25) is 5.91 Å². The van der Waals surface area contributed by atoms with Crippen molar-refractivity contribution in [1.29, 1.82) is 0 Å². The van der Waals surface area contributed by atoms with E-state index in [4.69, 9.17) is 28.9 Å². The molecule has 0 bridgehead atoms. The van der Waals surface area contributed by atoms with E-state index in [1.54, 1.807) is 48.4 Å². The molecule has 7 unspecified atom stereocenters. The number of hydrogen-bond donors (Lipinski definition) is 4. The molecule has 2 aliphatic rings. The SMILES string of the molecule is COCC1CC(c2ncc(-c3ccc(-c4ccc(-c5cnc(C6CCC(C)N6C(=O)C(NC(=O)OC)C(C)OC)[nH]5)cc4)cc3)[nH]2)N(C(=O)C(NC(=O)OC)c2ccccc2)C1. The molecule has 4 amide bonds. The molecule has 62 heavy (non-hydrogen) atoms. The smallest absolute Gasteiger partial charge is 0.407 e. The number of aromatic amines is 2. The van der Waals surface area contributed by atoms with Crippen LogP contribution in [-0.4, -0.2) is 114 Å². The minimum Gasteiger partial charge on any atom is -0.453 e. The number of hydrogen-bond acceptors (Lipinski definition) is 10. The number of H-pyrrole nitrogens is 2. The van der Waals surface area contributed by atoms with Crippen LogP contribution in [0.2, 0.25) is 0 Å². The van der Waals surface area contributed by atoms with Crippen molar-refractivity contribution in [2.24, 2.45) is 5.92 Å². The van der Waals surface area contributed by atoms with Crippen molar-refractivity contribution in [3.8, 4) is 33.6 Å². The predicted octanol–water partition coefficient (Wildman–Crippen LogP) is 6.58. The number of nitrogens with zero attached hydrogens (tertiary/aromatic N) is 4. The van der Waals surface area contributed by atoms with E-state index in [-0.39, 0.29) is 35.9 Å². The predicted molar refractivity (Wildman–Crippen MR) is 230 cm³/mol. The Morgan fingerprint density at radius 3 is 1.82 bits per heavy atom. The molecule has 0 radical (unpaired) electrons. The van der Waals surface area contributed by atoms with Gasteiger partial charge in [0.05, 0.1) is 62.8 Å². The van der Waals surface area contributed by atoms with E-state index in [0.29, 0.717) is 36.8 Å². The second kappa shape index (κ2) is 19.5. The van der Waals surface area contributed by atoms with Gasteiger partial charge in [0, 0.05) is 32.7 Å². The average Bonchev–Trinajstić information content (AvgIpc) is 4.14. The first-order valence-corrected chi connectivity index (χ1v) is 20.7. The summed E-state index contributed by atoms with van der Waals surface area (Å²) >= 11 is 0. The molecule has 2 aliphatic heterocycles. The summed E-state index contributed by atoms with van der Waals surface area (Å²) in [5, 5.41) is 5.37. The maximum Gasteiger partial charge on any atom is 0.407 e. The molecule has 3 aromatic carbocycles. The number of benzene rings is 3. The van der Waals surface area contributed by atoms with Crippen LogP contribution in [0.15, 0.2) is 91.3 Å². The fourth-order valence-electron chi connectivity index (χ4n) is 8.53. The highest BCUT2D eigenvalue weighted by Crippen LogP contribution is 2.39. The molecular formula is C46H54N8O8. The van der Waals surface area contributed by atoms with Crippen molar-refractivity contribution in [3.05, 3.63) is 108 Å². The van der Waals surface area contributed by atoms with Crippen LogP contribution in [0.1, 0.15) is 68.4 Å². The monoisotopic (exact) mass is 846 g/mol. The highest BCUT2D eigenvalue weighted by molar-refractivity contribution is 5.88. The Balaban J connectivity index is 1.04. The molecule has 4 N–H and O–H groups in total. The first-order valence-electron chi connectivity index (χ1n) is 20.7. The summed E-state index contributed by atoms with van der Waals surface area (Å²) in [5.74, 6) is 0.895. The third-order valence-electron chi connectivity index (χ3n) is 11.9. The number of carbonyl (C=O) groups is 4. The Bertz CT molecular complexity index is 2310. The molecule has 7 atom stereocenters. The van der Waals surface area contributed by atoms with Crippen LogP contribution < -0.4 is 10.6 Å². The minimum absolute atomic E-state index is 0.0633. The number of likely N-dealkylation sites (tertiary alicyclic amines) is 2. The normalized spacial score (nSPS) is 20.0. The Morgan fingerprint density at radius 1 is 0.726 bits per heavy atom. The summed E-state index contributed by atoms with van der Waals surface area (Å²) in [5.41, 5.74) is 6.22. The van der Waals surface area contributed by atoms with Gasteiger partial charge in [-0.15, -0.1) is 0 Å². The van der Waals surface area contributed by atoms with E-state index < -0.39 is 30.4 Å². The van der Waals surface area contributed by atoms with E-state index in [1.165, 1.54) is 21.3 Å². The van der Waals surface area contributed by atoms with E-state index in [0.717, 1.165) is 46.5 Å². The Hall–Kier alpha value is -6.52. The van der Waals surface area contributed by atoms with Crippen LogP contribution in [0.4, 0.5) is 9.59 Å². The van der Waals surface area contributed by atoms with Gasteiger partial charge in [-0.1, -0.05) is 78.9 Å². The quantitative estimate of drug-likeness (QED) is 0.0949. The lowest BCUT2D eigenvalue weighted by Gasteiger charge is -2.33. The topological polar surface area (TPSA) is 193 Å². The first-order chi connectivity index (χ1) is 30.0. The maximum atomic E-state index is 14.2. The van der Waals surface area contributed by atoms with Gasteiger partial charge in [-0.2, -0.15) is 0 Å². The zero-order chi connectivity index (χ0) is 43.9. The molecule has 2 saturated heterocycles. The molecule has 326 valence electrons. The zero-order valence-electron chi connectivity index (χ0n) is 35.8. The maximum absolute atomic E-state index is 14.2. The van der Waals surface area contributed by atoms with Crippen LogP contribution >= 0.6 is 0 Å².